The number of phenolic OH excluding ortho intramolecular Hbond substituents is 1. The first-order valence-corrected chi connectivity index (χ1v) is 11.7. The van der Waals surface area contributed by atoms with E-state index in [1.54, 1.807) is 12.1 Å². The number of hydrogen-bond donors (Lipinski definition) is 3. The van der Waals surface area contributed by atoms with Gasteiger partial charge < -0.3 is 25.0 Å². The standard InChI is InChI=1S/C16H24N2O5.C12H10O/c1-9(2)8-10(3)23-16(21)11(4)18-15(20)13-14(19)12(22-5)6-7-17-13;13-12-8-4-7-11(9-12)10-5-2-1-3-6-10/h6-7,9-11,19H,8H2,1-5H3,(H,18,20);1-9,13H/t10?,11-;/m0./s1. The molecule has 192 valence electrons. The third-order valence-electron chi connectivity index (χ3n) is 5.10. The van der Waals surface area contributed by atoms with Gasteiger partial charge in [0, 0.05) is 12.3 Å². The predicted molar refractivity (Wildman–Crippen MR) is 138 cm³/mol. The molecule has 2 atom stereocenters. The molecular weight excluding hydrogens is 460 g/mol. The van der Waals surface area contributed by atoms with Crippen LogP contribution in [0.4, 0.5) is 0 Å². The maximum atomic E-state index is 12.1. The normalized spacial score (nSPS) is 12.1. The van der Waals surface area contributed by atoms with Crippen LogP contribution in [0.3, 0.4) is 0 Å². The Labute approximate surface area is 211 Å². The minimum absolute atomic E-state index is 0.130. The number of nitrogens with one attached hydrogen (secondary N) is 1. The lowest BCUT2D eigenvalue weighted by Crippen LogP contribution is -2.41. The zero-order valence-electron chi connectivity index (χ0n) is 21.3. The number of aromatic hydroxyl groups is 2. The average Bonchev–Trinajstić information content (AvgIpc) is 2.84. The molecule has 1 aromatic heterocycles. The van der Waals surface area contributed by atoms with Gasteiger partial charge >= 0.3 is 5.97 Å². The number of nitrogens with zero attached hydrogens (tertiary/aromatic N) is 1. The maximum absolute atomic E-state index is 12.1. The summed E-state index contributed by atoms with van der Waals surface area (Å²) in [6, 6.07) is 17.8. The second kappa shape index (κ2) is 13.7. The molecule has 8 heteroatoms. The monoisotopic (exact) mass is 494 g/mol. The Kier molecular flexibility index (Phi) is 10.7. The number of carbonyl (C=O) groups is 2. The fraction of sp³-hybridized carbons (Fsp3) is 0.321. The number of amides is 1. The molecule has 0 aliphatic carbocycles. The Balaban J connectivity index is 0.000000293. The smallest absolute Gasteiger partial charge is 0.328 e. The lowest BCUT2D eigenvalue weighted by molar-refractivity contribution is -0.150. The Bertz CT molecular complexity index is 1130. The third kappa shape index (κ3) is 8.61. The van der Waals surface area contributed by atoms with Crippen molar-refractivity contribution < 1.29 is 29.3 Å². The van der Waals surface area contributed by atoms with Crippen molar-refractivity contribution in [1.82, 2.24) is 10.3 Å². The van der Waals surface area contributed by atoms with Gasteiger partial charge in [0.25, 0.3) is 5.91 Å². The van der Waals surface area contributed by atoms with E-state index in [9.17, 15) is 19.8 Å². The van der Waals surface area contributed by atoms with E-state index in [4.69, 9.17) is 9.47 Å². The van der Waals surface area contributed by atoms with E-state index in [0.717, 1.165) is 17.5 Å². The van der Waals surface area contributed by atoms with Crippen molar-refractivity contribution in [2.75, 3.05) is 7.11 Å². The SMILES string of the molecule is COc1ccnc(C(=O)N[C@@H](C)C(=O)OC(C)CC(C)C)c1O.Oc1cccc(-c2ccccc2)c1. The van der Waals surface area contributed by atoms with Crippen LogP contribution in [0.15, 0.2) is 66.9 Å². The van der Waals surface area contributed by atoms with Crippen molar-refractivity contribution in [1.29, 1.82) is 0 Å². The molecular formula is C28H34N2O6. The van der Waals surface area contributed by atoms with Crippen LogP contribution in [0, 0.1) is 5.92 Å². The number of hydrogen-bond acceptors (Lipinski definition) is 7. The van der Waals surface area contributed by atoms with E-state index in [2.05, 4.69) is 10.3 Å². The molecule has 0 aliphatic rings. The van der Waals surface area contributed by atoms with Gasteiger partial charge in [0.1, 0.15) is 11.8 Å². The van der Waals surface area contributed by atoms with Gasteiger partial charge in [-0.25, -0.2) is 9.78 Å². The topological polar surface area (TPSA) is 118 Å². The van der Waals surface area contributed by atoms with Crippen LogP contribution in [0.25, 0.3) is 11.1 Å². The largest absolute Gasteiger partial charge is 0.508 e. The van der Waals surface area contributed by atoms with Gasteiger partial charge in [-0.1, -0.05) is 56.3 Å². The van der Waals surface area contributed by atoms with Gasteiger partial charge in [-0.2, -0.15) is 0 Å². The van der Waals surface area contributed by atoms with Gasteiger partial charge in [-0.3, -0.25) is 4.79 Å². The molecule has 0 radical (unpaired) electrons. The van der Waals surface area contributed by atoms with Crippen LogP contribution < -0.4 is 10.1 Å². The quantitative estimate of drug-likeness (QED) is 0.379. The van der Waals surface area contributed by atoms with Gasteiger partial charge in [0.15, 0.2) is 17.2 Å². The van der Waals surface area contributed by atoms with Crippen molar-refractivity contribution in [2.45, 2.75) is 46.3 Å². The second-order valence-corrected chi connectivity index (χ2v) is 8.70. The molecule has 0 bridgehead atoms. The molecule has 1 unspecified atom stereocenters. The first kappa shape index (κ1) is 28.2. The summed E-state index contributed by atoms with van der Waals surface area (Å²) in [5.41, 5.74) is 1.96. The van der Waals surface area contributed by atoms with Crippen LogP contribution >= 0.6 is 0 Å². The van der Waals surface area contributed by atoms with Gasteiger partial charge in [0.05, 0.1) is 13.2 Å². The van der Waals surface area contributed by atoms with Gasteiger partial charge in [-0.15, -0.1) is 0 Å². The van der Waals surface area contributed by atoms with Crippen LogP contribution in [-0.4, -0.2) is 46.3 Å². The summed E-state index contributed by atoms with van der Waals surface area (Å²) in [4.78, 5) is 27.9. The van der Waals surface area contributed by atoms with E-state index in [-0.39, 0.29) is 23.3 Å². The zero-order valence-corrected chi connectivity index (χ0v) is 21.3. The number of pyridine rings is 1. The molecule has 0 saturated heterocycles. The summed E-state index contributed by atoms with van der Waals surface area (Å²) < 4.78 is 10.2. The third-order valence-corrected chi connectivity index (χ3v) is 5.10. The van der Waals surface area contributed by atoms with E-state index in [0.29, 0.717) is 11.7 Å². The minimum atomic E-state index is -0.857. The first-order valence-electron chi connectivity index (χ1n) is 11.7. The van der Waals surface area contributed by atoms with E-state index in [1.165, 1.54) is 26.3 Å². The van der Waals surface area contributed by atoms with E-state index >= 15 is 0 Å². The van der Waals surface area contributed by atoms with Crippen molar-refractivity contribution in [3.63, 3.8) is 0 Å². The Hall–Kier alpha value is -4.07. The summed E-state index contributed by atoms with van der Waals surface area (Å²) in [6.45, 7) is 7.39. The lowest BCUT2D eigenvalue weighted by Gasteiger charge is -2.19. The van der Waals surface area contributed by atoms with Crippen molar-refractivity contribution in [2.24, 2.45) is 5.92 Å². The highest BCUT2D eigenvalue weighted by Crippen LogP contribution is 2.27. The fourth-order valence-corrected chi connectivity index (χ4v) is 3.42. The van der Waals surface area contributed by atoms with Crippen LogP contribution in [0.1, 0.15) is 44.6 Å². The van der Waals surface area contributed by atoms with Crippen molar-refractivity contribution >= 4 is 11.9 Å². The molecule has 36 heavy (non-hydrogen) atoms. The summed E-state index contributed by atoms with van der Waals surface area (Å²) in [5, 5.41) is 21.6. The summed E-state index contributed by atoms with van der Waals surface area (Å²) >= 11 is 0. The van der Waals surface area contributed by atoms with Crippen LogP contribution in [-0.2, 0) is 9.53 Å². The second-order valence-electron chi connectivity index (χ2n) is 8.70. The summed E-state index contributed by atoms with van der Waals surface area (Å²) in [7, 11) is 1.37. The Morgan fingerprint density at radius 3 is 2.22 bits per heavy atom. The fourth-order valence-electron chi connectivity index (χ4n) is 3.42. The van der Waals surface area contributed by atoms with Crippen LogP contribution in [0.2, 0.25) is 0 Å². The Morgan fingerprint density at radius 2 is 1.61 bits per heavy atom. The summed E-state index contributed by atoms with van der Waals surface area (Å²) in [5.74, 6) is -0.745. The number of phenols is 1. The Morgan fingerprint density at radius 1 is 0.944 bits per heavy atom. The molecule has 2 aromatic carbocycles. The van der Waals surface area contributed by atoms with Gasteiger partial charge in [-0.05, 0) is 49.4 Å². The number of rotatable bonds is 8. The molecule has 3 rings (SSSR count). The molecule has 0 fully saturated rings. The number of ether oxygens (including phenoxy) is 2. The highest BCUT2D eigenvalue weighted by Gasteiger charge is 2.23. The van der Waals surface area contributed by atoms with Gasteiger partial charge in [0.2, 0.25) is 0 Å². The molecule has 1 heterocycles. The summed E-state index contributed by atoms with van der Waals surface area (Å²) in [6.07, 6.45) is 1.84. The number of methoxy groups -OCH3 is 1. The van der Waals surface area contributed by atoms with Crippen molar-refractivity contribution in [3.05, 3.63) is 72.6 Å². The molecule has 0 spiro atoms. The van der Waals surface area contributed by atoms with E-state index in [1.807, 2.05) is 63.2 Å². The number of esters is 1. The molecule has 0 aliphatic heterocycles. The molecule has 8 nitrogen and oxygen atoms in total. The molecule has 0 saturated carbocycles. The number of benzene rings is 2. The molecule has 3 N–H and O–H groups in total. The van der Waals surface area contributed by atoms with Crippen molar-refractivity contribution in [3.8, 4) is 28.4 Å². The first-order chi connectivity index (χ1) is 17.1. The minimum Gasteiger partial charge on any atom is -0.508 e. The zero-order chi connectivity index (χ0) is 26.7. The molecule has 1 amide bonds. The number of carbonyl (C=O) groups excluding carboxylic acids is 2. The van der Waals surface area contributed by atoms with Crippen LogP contribution in [0.5, 0.6) is 17.2 Å². The number of aromatic nitrogens is 1. The highest BCUT2D eigenvalue weighted by molar-refractivity contribution is 5.97. The molecule has 3 aromatic rings. The highest BCUT2D eigenvalue weighted by atomic mass is 16.5. The lowest BCUT2D eigenvalue weighted by atomic mass is 10.1. The average molecular weight is 495 g/mol. The van der Waals surface area contributed by atoms with E-state index < -0.39 is 17.9 Å². The maximum Gasteiger partial charge on any atom is 0.328 e. The predicted octanol–water partition coefficient (Wildman–Crippen LogP) is 4.95.